The summed E-state index contributed by atoms with van der Waals surface area (Å²) in [4.78, 5) is 13.6. The topological polar surface area (TPSA) is 64.8 Å². The van der Waals surface area contributed by atoms with Gasteiger partial charge in [-0.05, 0) is 31.5 Å². The van der Waals surface area contributed by atoms with E-state index in [9.17, 15) is 4.79 Å². The van der Waals surface area contributed by atoms with E-state index in [0.29, 0.717) is 24.6 Å². The summed E-state index contributed by atoms with van der Waals surface area (Å²) in [6.07, 6.45) is 0. The predicted octanol–water partition coefficient (Wildman–Crippen LogP) is 1.40. The van der Waals surface area contributed by atoms with Crippen molar-refractivity contribution in [1.82, 2.24) is 4.90 Å². The Balaban J connectivity index is 2.89. The molecule has 0 saturated carbocycles. The van der Waals surface area contributed by atoms with Crippen LogP contribution in [-0.2, 0) is 11.3 Å². The third-order valence-corrected chi connectivity index (χ3v) is 2.90. The number of amides is 1. The molecule has 0 heterocycles. The van der Waals surface area contributed by atoms with Crippen molar-refractivity contribution in [1.29, 1.82) is 0 Å². The molecule has 0 aliphatic heterocycles. The molecule has 5 nitrogen and oxygen atoms in total. The maximum absolute atomic E-state index is 11.9. The van der Waals surface area contributed by atoms with Gasteiger partial charge < -0.3 is 20.1 Å². The van der Waals surface area contributed by atoms with E-state index >= 15 is 0 Å². The van der Waals surface area contributed by atoms with Gasteiger partial charge in [0, 0.05) is 13.1 Å². The molecule has 5 heteroatoms. The van der Waals surface area contributed by atoms with E-state index in [1.807, 2.05) is 25.1 Å². The van der Waals surface area contributed by atoms with Gasteiger partial charge in [-0.3, -0.25) is 4.79 Å². The SMILES string of the molecule is CCN(Cc1ccc(OC)c(OC)c1)C(=O)[C@@H](C)N. The van der Waals surface area contributed by atoms with Crippen LogP contribution in [0.1, 0.15) is 19.4 Å². The molecule has 1 atom stereocenters. The van der Waals surface area contributed by atoms with Crippen LogP contribution in [-0.4, -0.2) is 37.6 Å². The maximum atomic E-state index is 11.9. The van der Waals surface area contributed by atoms with E-state index in [0.717, 1.165) is 5.56 Å². The smallest absolute Gasteiger partial charge is 0.239 e. The lowest BCUT2D eigenvalue weighted by Crippen LogP contribution is -2.41. The molecule has 1 amide bonds. The van der Waals surface area contributed by atoms with Gasteiger partial charge in [0.25, 0.3) is 0 Å². The summed E-state index contributed by atoms with van der Waals surface area (Å²) in [5.74, 6) is 1.27. The number of benzene rings is 1. The zero-order valence-electron chi connectivity index (χ0n) is 12.0. The molecular weight excluding hydrogens is 244 g/mol. The van der Waals surface area contributed by atoms with Gasteiger partial charge in [0.2, 0.25) is 5.91 Å². The Morgan fingerprint density at radius 1 is 1.32 bits per heavy atom. The van der Waals surface area contributed by atoms with E-state index in [1.165, 1.54) is 0 Å². The van der Waals surface area contributed by atoms with Gasteiger partial charge in [-0.25, -0.2) is 0 Å². The average molecular weight is 266 g/mol. The first-order chi connectivity index (χ1) is 9.03. The van der Waals surface area contributed by atoms with Crippen molar-refractivity contribution in [2.24, 2.45) is 5.73 Å². The molecule has 0 radical (unpaired) electrons. The van der Waals surface area contributed by atoms with Gasteiger partial charge in [-0.15, -0.1) is 0 Å². The number of nitrogens with two attached hydrogens (primary N) is 1. The summed E-state index contributed by atoms with van der Waals surface area (Å²) in [6, 6.07) is 5.13. The highest BCUT2D eigenvalue weighted by molar-refractivity contribution is 5.81. The second-order valence-corrected chi connectivity index (χ2v) is 4.33. The monoisotopic (exact) mass is 266 g/mol. The van der Waals surface area contributed by atoms with Crippen LogP contribution >= 0.6 is 0 Å². The number of hydrogen-bond donors (Lipinski definition) is 1. The highest BCUT2D eigenvalue weighted by Gasteiger charge is 2.16. The van der Waals surface area contributed by atoms with Crippen LogP contribution in [0.2, 0.25) is 0 Å². The highest BCUT2D eigenvalue weighted by Crippen LogP contribution is 2.28. The first-order valence-electron chi connectivity index (χ1n) is 6.28. The zero-order chi connectivity index (χ0) is 14.4. The summed E-state index contributed by atoms with van der Waals surface area (Å²) in [5, 5.41) is 0. The minimum atomic E-state index is -0.486. The molecule has 2 N–H and O–H groups in total. The highest BCUT2D eigenvalue weighted by atomic mass is 16.5. The molecule has 0 bridgehead atoms. The summed E-state index contributed by atoms with van der Waals surface area (Å²) < 4.78 is 10.4. The van der Waals surface area contributed by atoms with Crippen LogP contribution < -0.4 is 15.2 Å². The van der Waals surface area contributed by atoms with Crippen molar-refractivity contribution in [3.05, 3.63) is 23.8 Å². The van der Waals surface area contributed by atoms with Gasteiger partial charge >= 0.3 is 0 Å². The van der Waals surface area contributed by atoms with E-state index in [4.69, 9.17) is 15.2 Å². The number of likely N-dealkylation sites (N-methyl/N-ethyl adjacent to an activating group) is 1. The largest absolute Gasteiger partial charge is 0.493 e. The third-order valence-electron chi connectivity index (χ3n) is 2.90. The molecule has 19 heavy (non-hydrogen) atoms. The quantitative estimate of drug-likeness (QED) is 0.845. The fourth-order valence-corrected chi connectivity index (χ4v) is 1.83. The van der Waals surface area contributed by atoms with Crippen LogP contribution in [0.15, 0.2) is 18.2 Å². The molecule has 0 aliphatic rings. The zero-order valence-corrected chi connectivity index (χ0v) is 12.0. The number of rotatable bonds is 6. The molecule has 1 aromatic carbocycles. The van der Waals surface area contributed by atoms with Gasteiger partial charge in [-0.1, -0.05) is 6.07 Å². The molecule has 1 aromatic rings. The lowest BCUT2D eigenvalue weighted by atomic mass is 10.1. The normalized spacial score (nSPS) is 11.8. The van der Waals surface area contributed by atoms with Crippen molar-refractivity contribution in [2.75, 3.05) is 20.8 Å². The molecule has 0 spiro atoms. The summed E-state index contributed by atoms with van der Waals surface area (Å²) in [5.41, 5.74) is 6.61. The Kier molecular flexibility index (Phi) is 5.63. The van der Waals surface area contributed by atoms with Crippen molar-refractivity contribution < 1.29 is 14.3 Å². The molecule has 0 fully saturated rings. The predicted molar refractivity (Wildman–Crippen MR) is 74.3 cm³/mol. The molecular formula is C14H22N2O3. The Labute approximate surface area is 114 Å². The fraction of sp³-hybridized carbons (Fsp3) is 0.500. The fourth-order valence-electron chi connectivity index (χ4n) is 1.83. The number of ether oxygens (including phenoxy) is 2. The molecule has 0 aliphatic carbocycles. The Bertz CT molecular complexity index is 433. The minimum Gasteiger partial charge on any atom is -0.493 e. The van der Waals surface area contributed by atoms with Crippen LogP contribution in [0, 0.1) is 0 Å². The Morgan fingerprint density at radius 3 is 2.42 bits per heavy atom. The van der Waals surface area contributed by atoms with Gasteiger partial charge in [-0.2, -0.15) is 0 Å². The molecule has 106 valence electrons. The number of carbonyl (C=O) groups is 1. The van der Waals surface area contributed by atoms with Gasteiger partial charge in [0.05, 0.1) is 20.3 Å². The van der Waals surface area contributed by atoms with Crippen molar-refractivity contribution in [3.8, 4) is 11.5 Å². The number of nitrogens with zero attached hydrogens (tertiary/aromatic N) is 1. The van der Waals surface area contributed by atoms with Crippen LogP contribution in [0.5, 0.6) is 11.5 Å². The first kappa shape index (κ1) is 15.3. The Hall–Kier alpha value is -1.75. The van der Waals surface area contributed by atoms with Crippen LogP contribution in [0.25, 0.3) is 0 Å². The molecule has 0 saturated heterocycles. The van der Waals surface area contributed by atoms with Gasteiger partial charge in [0.15, 0.2) is 11.5 Å². The van der Waals surface area contributed by atoms with Crippen LogP contribution in [0.3, 0.4) is 0 Å². The first-order valence-corrected chi connectivity index (χ1v) is 6.28. The van der Waals surface area contributed by atoms with Crippen molar-refractivity contribution in [3.63, 3.8) is 0 Å². The number of carbonyl (C=O) groups excluding carboxylic acids is 1. The summed E-state index contributed by atoms with van der Waals surface area (Å²) in [6.45, 7) is 4.76. The lowest BCUT2D eigenvalue weighted by molar-refractivity contribution is -0.132. The summed E-state index contributed by atoms with van der Waals surface area (Å²) >= 11 is 0. The van der Waals surface area contributed by atoms with E-state index < -0.39 is 6.04 Å². The average Bonchev–Trinajstić information content (AvgIpc) is 2.43. The molecule has 0 unspecified atom stereocenters. The van der Waals surface area contributed by atoms with Crippen molar-refractivity contribution in [2.45, 2.75) is 26.4 Å². The second kappa shape index (κ2) is 6.99. The standard InChI is InChI=1S/C14H22N2O3/c1-5-16(14(17)10(2)15)9-11-6-7-12(18-3)13(8-11)19-4/h6-8,10H,5,9,15H2,1-4H3/t10-/m1/s1. The number of hydrogen-bond acceptors (Lipinski definition) is 4. The van der Waals surface area contributed by atoms with Gasteiger partial charge in [0.1, 0.15) is 0 Å². The molecule has 0 aromatic heterocycles. The van der Waals surface area contributed by atoms with Crippen LogP contribution in [0.4, 0.5) is 0 Å². The minimum absolute atomic E-state index is 0.0581. The van der Waals surface area contributed by atoms with E-state index in [1.54, 1.807) is 26.0 Å². The Morgan fingerprint density at radius 2 is 1.95 bits per heavy atom. The second-order valence-electron chi connectivity index (χ2n) is 4.33. The lowest BCUT2D eigenvalue weighted by Gasteiger charge is -2.23. The number of methoxy groups -OCH3 is 2. The third kappa shape index (κ3) is 3.86. The van der Waals surface area contributed by atoms with E-state index in [2.05, 4.69) is 0 Å². The van der Waals surface area contributed by atoms with E-state index in [-0.39, 0.29) is 5.91 Å². The maximum Gasteiger partial charge on any atom is 0.239 e. The van der Waals surface area contributed by atoms with Crippen molar-refractivity contribution >= 4 is 5.91 Å². The molecule has 1 rings (SSSR count). The summed E-state index contributed by atoms with van der Waals surface area (Å²) in [7, 11) is 3.18.